The zero-order chi connectivity index (χ0) is 16.2. The largest absolute Gasteiger partial charge is 0.478 e. The molecule has 2 amide bonds. The van der Waals surface area contributed by atoms with Crippen LogP contribution in [0.3, 0.4) is 0 Å². The third kappa shape index (κ3) is 4.75. The minimum Gasteiger partial charge on any atom is -0.478 e. The van der Waals surface area contributed by atoms with Crippen molar-refractivity contribution in [1.29, 1.82) is 0 Å². The van der Waals surface area contributed by atoms with Crippen molar-refractivity contribution in [3.8, 4) is 0 Å². The van der Waals surface area contributed by atoms with Gasteiger partial charge >= 0.3 is 12.0 Å². The van der Waals surface area contributed by atoms with E-state index < -0.39 is 5.97 Å². The van der Waals surface area contributed by atoms with Gasteiger partial charge in [0.15, 0.2) is 0 Å². The number of likely N-dealkylation sites (N-methyl/N-ethyl adjacent to an activating group) is 2. The minimum atomic E-state index is -0.993. The SMILES string of the molecule is Cc1cc(NC(=O)N(C)CCN(C)C)cc(C(=O)O)c1C. The average molecular weight is 293 g/mol. The van der Waals surface area contributed by atoms with Crippen LogP contribution >= 0.6 is 0 Å². The van der Waals surface area contributed by atoms with Gasteiger partial charge in [-0.1, -0.05) is 0 Å². The topological polar surface area (TPSA) is 72.9 Å². The van der Waals surface area contributed by atoms with E-state index in [4.69, 9.17) is 0 Å². The lowest BCUT2D eigenvalue weighted by Crippen LogP contribution is -2.36. The molecule has 0 aliphatic rings. The molecular weight excluding hydrogens is 270 g/mol. The Kier molecular flexibility index (Phi) is 5.72. The number of benzene rings is 1. The molecule has 1 aromatic rings. The lowest BCUT2D eigenvalue weighted by atomic mass is 10.0. The quantitative estimate of drug-likeness (QED) is 0.871. The van der Waals surface area contributed by atoms with Crippen molar-refractivity contribution in [2.24, 2.45) is 0 Å². The summed E-state index contributed by atoms with van der Waals surface area (Å²) >= 11 is 0. The maximum atomic E-state index is 12.1. The summed E-state index contributed by atoms with van der Waals surface area (Å²) in [6.45, 7) is 4.94. The number of nitrogens with one attached hydrogen (secondary N) is 1. The summed E-state index contributed by atoms with van der Waals surface area (Å²) in [6, 6.07) is 3.01. The number of anilines is 1. The second-order valence-corrected chi connectivity index (χ2v) is 5.43. The Morgan fingerprint density at radius 3 is 2.29 bits per heavy atom. The predicted molar refractivity (Wildman–Crippen MR) is 83.1 cm³/mol. The highest BCUT2D eigenvalue weighted by Crippen LogP contribution is 2.20. The molecule has 6 nitrogen and oxygen atoms in total. The molecule has 0 unspecified atom stereocenters. The van der Waals surface area contributed by atoms with Crippen molar-refractivity contribution in [3.63, 3.8) is 0 Å². The Morgan fingerprint density at radius 1 is 1.14 bits per heavy atom. The maximum absolute atomic E-state index is 12.1. The lowest BCUT2D eigenvalue weighted by molar-refractivity contribution is 0.0696. The number of rotatable bonds is 5. The van der Waals surface area contributed by atoms with Gasteiger partial charge in [0, 0.05) is 25.8 Å². The summed E-state index contributed by atoms with van der Waals surface area (Å²) in [5.74, 6) is -0.993. The number of carboxylic acid groups (broad SMARTS) is 1. The number of hydrogen-bond donors (Lipinski definition) is 2. The van der Waals surface area contributed by atoms with Gasteiger partial charge in [-0.05, 0) is 51.2 Å². The van der Waals surface area contributed by atoms with E-state index in [0.717, 1.165) is 12.1 Å². The van der Waals surface area contributed by atoms with Crippen LogP contribution in [0.5, 0.6) is 0 Å². The Bertz CT molecular complexity index is 541. The smallest absolute Gasteiger partial charge is 0.336 e. The van der Waals surface area contributed by atoms with Crippen molar-refractivity contribution in [3.05, 3.63) is 28.8 Å². The van der Waals surface area contributed by atoms with Gasteiger partial charge in [0.05, 0.1) is 5.56 Å². The molecule has 1 rings (SSSR count). The Balaban J connectivity index is 2.83. The fraction of sp³-hybridized carbons (Fsp3) is 0.467. The number of aryl methyl sites for hydroxylation is 1. The van der Waals surface area contributed by atoms with Crippen molar-refractivity contribution in [1.82, 2.24) is 9.80 Å². The number of urea groups is 1. The van der Waals surface area contributed by atoms with Crippen molar-refractivity contribution in [2.75, 3.05) is 39.5 Å². The molecule has 0 spiro atoms. The number of carboxylic acids is 1. The maximum Gasteiger partial charge on any atom is 0.336 e. The van der Waals surface area contributed by atoms with Gasteiger partial charge in [-0.2, -0.15) is 0 Å². The van der Waals surface area contributed by atoms with E-state index in [9.17, 15) is 14.7 Å². The van der Waals surface area contributed by atoms with E-state index in [1.165, 1.54) is 6.07 Å². The number of hydrogen-bond acceptors (Lipinski definition) is 3. The van der Waals surface area contributed by atoms with E-state index in [1.807, 2.05) is 25.9 Å². The summed E-state index contributed by atoms with van der Waals surface area (Å²) in [4.78, 5) is 26.8. The molecule has 1 aromatic carbocycles. The van der Waals surface area contributed by atoms with Crippen LogP contribution in [0.4, 0.5) is 10.5 Å². The molecule has 0 aliphatic heterocycles. The predicted octanol–water partition coefficient (Wildman–Crippen LogP) is 2.03. The molecular formula is C15H23N3O3. The van der Waals surface area contributed by atoms with E-state index in [-0.39, 0.29) is 11.6 Å². The van der Waals surface area contributed by atoms with Crippen LogP contribution in [0.15, 0.2) is 12.1 Å². The van der Waals surface area contributed by atoms with Gasteiger partial charge < -0.3 is 20.2 Å². The zero-order valence-corrected chi connectivity index (χ0v) is 13.2. The van der Waals surface area contributed by atoms with Gasteiger partial charge in [-0.25, -0.2) is 9.59 Å². The number of aromatic carboxylic acids is 1. The number of nitrogens with zero attached hydrogens (tertiary/aromatic N) is 2. The van der Waals surface area contributed by atoms with Crippen LogP contribution in [0.25, 0.3) is 0 Å². The molecule has 0 fully saturated rings. The van der Waals surface area contributed by atoms with Crippen LogP contribution < -0.4 is 5.32 Å². The van der Waals surface area contributed by atoms with Gasteiger partial charge in [0.2, 0.25) is 0 Å². The van der Waals surface area contributed by atoms with E-state index in [2.05, 4.69) is 5.32 Å². The van der Waals surface area contributed by atoms with E-state index in [0.29, 0.717) is 17.8 Å². The molecule has 116 valence electrons. The second-order valence-electron chi connectivity index (χ2n) is 5.43. The van der Waals surface area contributed by atoms with Crippen molar-refractivity contribution >= 4 is 17.7 Å². The monoisotopic (exact) mass is 293 g/mol. The van der Waals surface area contributed by atoms with Crippen LogP contribution in [0.2, 0.25) is 0 Å². The average Bonchev–Trinajstić information content (AvgIpc) is 2.39. The van der Waals surface area contributed by atoms with E-state index in [1.54, 1.807) is 24.9 Å². The van der Waals surface area contributed by atoms with Crippen LogP contribution in [-0.4, -0.2) is 61.1 Å². The summed E-state index contributed by atoms with van der Waals surface area (Å²) in [5.41, 5.74) is 2.25. The summed E-state index contributed by atoms with van der Waals surface area (Å²) in [5, 5.41) is 11.9. The molecule has 0 saturated carbocycles. The summed E-state index contributed by atoms with van der Waals surface area (Å²) in [7, 11) is 5.58. The van der Waals surface area contributed by atoms with Gasteiger partial charge in [-0.3, -0.25) is 0 Å². The van der Waals surface area contributed by atoms with Gasteiger partial charge in [-0.15, -0.1) is 0 Å². The molecule has 0 aromatic heterocycles. The highest BCUT2D eigenvalue weighted by Gasteiger charge is 2.14. The fourth-order valence-electron chi connectivity index (χ4n) is 1.82. The number of amides is 2. The van der Waals surface area contributed by atoms with E-state index >= 15 is 0 Å². The Labute approximate surface area is 125 Å². The molecule has 6 heteroatoms. The number of carbonyl (C=O) groups is 2. The molecule has 0 radical (unpaired) electrons. The first-order chi connectivity index (χ1) is 9.72. The normalized spacial score (nSPS) is 10.6. The van der Waals surface area contributed by atoms with Crippen LogP contribution in [-0.2, 0) is 0 Å². The van der Waals surface area contributed by atoms with Crippen molar-refractivity contribution < 1.29 is 14.7 Å². The Hall–Kier alpha value is -2.08. The first kappa shape index (κ1) is 17.0. The molecule has 21 heavy (non-hydrogen) atoms. The summed E-state index contributed by atoms with van der Waals surface area (Å²) in [6.07, 6.45) is 0. The number of carbonyl (C=O) groups excluding carboxylic acids is 1. The fourth-order valence-corrected chi connectivity index (χ4v) is 1.82. The van der Waals surface area contributed by atoms with Crippen LogP contribution in [0.1, 0.15) is 21.5 Å². The second kappa shape index (κ2) is 7.08. The van der Waals surface area contributed by atoms with Gasteiger partial charge in [0.25, 0.3) is 0 Å². The molecule has 2 N–H and O–H groups in total. The third-order valence-corrected chi connectivity index (χ3v) is 3.38. The highest BCUT2D eigenvalue weighted by molar-refractivity contribution is 5.94. The minimum absolute atomic E-state index is 0.209. The van der Waals surface area contributed by atoms with Gasteiger partial charge in [0.1, 0.15) is 0 Å². The molecule has 0 saturated heterocycles. The highest BCUT2D eigenvalue weighted by atomic mass is 16.4. The first-order valence-corrected chi connectivity index (χ1v) is 6.73. The molecule has 0 heterocycles. The molecule has 0 bridgehead atoms. The standard InChI is InChI=1S/C15H23N3O3/c1-10-8-12(9-13(11(10)2)14(19)20)16-15(21)18(5)7-6-17(3)4/h8-9H,6-7H2,1-5H3,(H,16,21)(H,19,20). The zero-order valence-electron chi connectivity index (χ0n) is 13.2. The summed E-state index contributed by atoms with van der Waals surface area (Å²) < 4.78 is 0. The Morgan fingerprint density at radius 2 is 1.76 bits per heavy atom. The lowest BCUT2D eigenvalue weighted by Gasteiger charge is -2.20. The molecule has 0 aliphatic carbocycles. The molecule has 0 atom stereocenters. The van der Waals surface area contributed by atoms with Crippen LogP contribution in [0, 0.1) is 13.8 Å². The first-order valence-electron chi connectivity index (χ1n) is 6.73. The van der Waals surface area contributed by atoms with Crippen molar-refractivity contribution in [2.45, 2.75) is 13.8 Å². The third-order valence-electron chi connectivity index (χ3n) is 3.38.